The summed E-state index contributed by atoms with van der Waals surface area (Å²) in [5, 5.41) is 19.2. The minimum Gasteiger partial charge on any atom is -0.480 e. The van der Waals surface area contributed by atoms with Gasteiger partial charge in [0.2, 0.25) is 5.88 Å². The molecular weight excluding hydrogens is 386 g/mol. The van der Waals surface area contributed by atoms with Gasteiger partial charge in [-0.25, -0.2) is 19.3 Å². The van der Waals surface area contributed by atoms with E-state index in [-0.39, 0.29) is 23.5 Å². The number of hydrogen-bond acceptors (Lipinski definition) is 7. The maximum absolute atomic E-state index is 12.6. The largest absolute Gasteiger partial charge is 0.480 e. The standard InChI is InChI=1S/C20H23N7O3/c1-11(2)18(29-4)17-15(10-22-16-6-12(3)26-27(16)17)25-20(28)24-14-7-13(8-21)19(30-5)23-9-14/h6-7,9-11,18H,1-5H3,(H2,24,25,28). The van der Waals surface area contributed by atoms with Gasteiger partial charge in [0.25, 0.3) is 0 Å². The maximum atomic E-state index is 12.6. The van der Waals surface area contributed by atoms with Gasteiger partial charge >= 0.3 is 6.03 Å². The number of nitriles is 1. The van der Waals surface area contributed by atoms with Crippen molar-refractivity contribution < 1.29 is 14.3 Å². The maximum Gasteiger partial charge on any atom is 0.323 e. The summed E-state index contributed by atoms with van der Waals surface area (Å²) in [6, 6.07) is 4.80. The smallest absolute Gasteiger partial charge is 0.323 e. The molecule has 3 heterocycles. The SMILES string of the molecule is COc1ncc(NC(=O)Nc2cnc3cc(C)nn3c2C(OC)C(C)C)cc1C#N. The number of pyridine rings is 1. The average molecular weight is 409 g/mol. The zero-order valence-electron chi connectivity index (χ0n) is 17.4. The summed E-state index contributed by atoms with van der Waals surface area (Å²) in [5.74, 6) is 0.312. The van der Waals surface area contributed by atoms with Gasteiger partial charge < -0.3 is 20.1 Å². The zero-order chi connectivity index (χ0) is 21.8. The summed E-state index contributed by atoms with van der Waals surface area (Å²) >= 11 is 0. The summed E-state index contributed by atoms with van der Waals surface area (Å²) in [7, 11) is 3.04. The lowest BCUT2D eigenvalue weighted by molar-refractivity contribution is 0.0600. The Morgan fingerprint density at radius 2 is 1.97 bits per heavy atom. The van der Waals surface area contributed by atoms with Gasteiger partial charge in [0.05, 0.1) is 42.3 Å². The predicted octanol–water partition coefficient (Wildman–Crippen LogP) is 3.30. The van der Waals surface area contributed by atoms with E-state index >= 15 is 0 Å². The van der Waals surface area contributed by atoms with Gasteiger partial charge in [-0.3, -0.25) is 0 Å². The molecule has 0 bridgehead atoms. The number of aryl methyl sites for hydroxylation is 1. The van der Waals surface area contributed by atoms with Crippen LogP contribution in [0.4, 0.5) is 16.2 Å². The van der Waals surface area contributed by atoms with Crippen LogP contribution in [0.2, 0.25) is 0 Å². The highest BCUT2D eigenvalue weighted by Gasteiger charge is 2.24. The minimum absolute atomic E-state index is 0.123. The second-order valence-electron chi connectivity index (χ2n) is 6.98. The molecule has 0 aliphatic rings. The van der Waals surface area contributed by atoms with E-state index in [0.29, 0.717) is 22.7 Å². The van der Waals surface area contributed by atoms with Crippen molar-refractivity contribution in [3.63, 3.8) is 0 Å². The lowest BCUT2D eigenvalue weighted by atomic mass is 10.0. The highest BCUT2D eigenvalue weighted by Crippen LogP contribution is 2.31. The second kappa shape index (κ2) is 8.75. The number of aromatic nitrogens is 4. The Balaban J connectivity index is 1.93. The van der Waals surface area contributed by atoms with Gasteiger partial charge in [-0.1, -0.05) is 13.8 Å². The monoisotopic (exact) mass is 409 g/mol. The third-order valence-corrected chi connectivity index (χ3v) is 4.44. The first-order chi connectivity index (χ1) is 14.4. The molecule has 3 aromatic rings. The molecule has 3 rings (SSSR count). The van der Waals surface area contributed by atoms with E-state index in [9.17, 15) is 10.1 Å². The van der Waals surface area contributed by atoms with Crippen LogP contribution in [-0.4, -0.2) is 39.8 Å². The van der Waals surface area contributed by atoms with Crippen LogP contribution in [-0.2, 0) is 4.74 Å². The van der Waals surface area contributed by atoms with E-state index in [1.165, 1.54) is 19.4 Å². The molecule has 0 spiro atoms. The molecule has 0 radical (unpaired) electrons. The van der Waals surface area contributed by atoms with E-state index < -0.39 is 6.03 Å². The fraction of sp³-hybridized carbons (Fsp3) is 0.350. The molecule has 0 saturated carbocycles. The number of ether oxygens (including phenoxy) is 2. The molecule has 1 atom stereocenters. The van der Waals surface area contributed by atoms with Gasteiger partial charge in [-0.15, -0.1) is 0 Å². The van der Waals surface area contributed by atoms with Gasteiger partial charge in [0.15, 0.2) is 5.65 Å². The van der Waals surface area contributed by atoms with Crippen LogP contribution in [0, 0.1) is 24.2 Å². The van der Waals surface area contributed by atoms with Crippen LogP contribution in [0.5, 0.6) is 5.88 Å². The molecule has 156 valence electrons. The number of methoxy groups -OCH3 is 2. The molecule has 2 amide bonds. The van der Waals surface area contributed by atoms with Gasteiger partial charge in [0, 0.05) is 13.2 Å². The van der Waals surface area contributed by atoms with E-state index in [4.69, 9.17) is 9.47 Å². The summed E-state index contributed by atoms with van der Waals surface area (Å²) in [4.78, 5) is 21.0. The van der Waals surface area contributed by atoms with Crippen LogP contribution in [0.1, 0.15) is 36.9 Å². The molecule has 0 aliphatic carbocycles. The third-order valence-electron chi connectivity index (χ3n) is 4.44. The number of anilines is 2. The fourth-order valence-corrected chi connectivity index (χ4v) is 3.18. The minimum atomic E-state index is -0.518. The molecule has 10 nitrogen and oxygen atoms in total. The number of rotatable bonds is 6. The van der Waals surface area contributed by atoms with E-state index in [2.05, 4.69) is 25.7 Å². The molecule has 0 saturated heterocycles. The number of carbonyl (C=O) groups excluding carboxylic acids is 1. The molecule has 0 aliphatic heterocycles. The van der Waals surface area contributed by atoms with Crippen molar-refractivity contribution in [1.82, 2.24) is 19.6 Å². The van der Waals surface area contributed by atoms with Crippen molar-refractivity contribution in [2.45, 2.75) is 26.9 Å². The van der Waals surface area contributed by atoms with Crippen molar-refractivity contribution in [2.24, 2.45) is 5.92 Å². The Kier molecular flexibility index (Phi) is 6.13. The Hall–Kier alpha value is -3.71. The first kappa shape index (κ1) is 21.0. The van der Waals surface area contributed by atoms with Crippen molar-refractivity contribution in [3.8, 4) is 11.9 Å². The number of urea groups is 1. The first-order valence-corrected chi connectivity index (χ1v) is 9.28. The lowest BCUT2D eigenvalue weighted by Crippen LogP contribution is -2.24. The number of nitrogens with zero attached hydrogens (tertiary/aromatic N) is 5. The Morgan fingerprint density at radius 3 is 2.60 bits per heavy atom. The summed E-state index contributed by atoms with van der Waals surface area (Å²) < 4.78 is 12.4. The third kappa shape index (κ3) is 4.16. The molecule has 0 fully saturated rings. The first-order valence-electron chi connectivity index (χ1n) is 9.28. The van der Waals surface area contributed by atoms with Crippen LogP contribution in [0.15, 0.2) is 24.5 Å². The van der Waals surface area contributed by atoms with Crippen molar-refractivity contribution in [3.05, 3.63) is 41.5 Å². The van der Waals surface area contributed by atoms with Crippen LogP contribution in [0.25, 0.3) is 5.65 Å². The molecule has 2 N–H and O–H groups in total. The number of fused-ring (bicyclic) bond motifs is 1. The summed E-state index contributed by atoms with van der Waals surface area (Å²) in [6.07, 6.45) is 2.66. The van der Waals surface area contributed by atoms with Crippen LogP contribution in [0.3, 0.4) is 0 Å². The highest BCUT2D eigenvalue weighted by atomic mass is 16.5. The predicted molar refractivity (Wildman–Crippen MR) is 110 cm³/mol. The Morgan fingerprint density at radius 1 is 1.20 bits per heavy atom. The van der Waals surface area contributed by atoms with E-state index in [0.717, 1.165) is 5.69 Å². The molecule has 3 aromatic heterocycles. The topological polar surface area (TPSA) is 126 Å². The zero-order valence-corrected chi connectivity index (χ0v) is 17.4. The van der Waals surface area contributed by atoms with Crippen molar-refractivity contribution >= 4 is 23.1 Å². The fourth-order valence-electron chi connectivity index (χ4n) is 3.18. The normalized spacial score (nSPS) is 11.9. The summed E-state index contributed by atoms with van der Waals surface area (Å²) in [6.45, 7) is 5.92. The number of amides is 2. The molecule has 0 aromatic carbocycles. The number of carbonyl (C=O) groups is 1. The van der Waals surface area contributed by atoms with Crippen molar-refractivity contribution in [1.29, 1.82) is 5.26 Å². The lowest BCUT2D eigenvalue weighted by Gasteiger charge is -2.23. The number of hydrogen-bond donors (Lipinski definition) is 2. The quantitative estimate of drug-likeness (QED) is 0.639. The Labute approximate surface area is 173 Å². The number of nitrogens with one attached hydrogen (secondary N) is 2. The van der Waals surface area contributed by atoms with Crippen molar-refractivity contribution in [2.75, 3.05) is 24.9 Å². The van der Waals surface area contributed by atoms with Gasteiger partial charge in [0.1, 0.15) is 17.7 Å². The van der Waals surface area contributed by atoms with E-state index in [1.54, 1.807) is 17.8 Å². The molecular formula is C20H23N7O3. The molecule has 10 heteroatoms. The van der Waals surface area contributed by atoms with Crippen LogP contribution < -0.4 is 15.4 Å². The van der Waals surface area contributed by atoms with Gasteiger partial charge in [-0.05, 0) is 18.9 Å². The molecule has 30 heavy (non-hydrogen) atoms. The highest BCUT2D eigenvalue weighted by molar-refractivity contribution is 6.00. The average Bonchev–Trinajstić information content (AvgIpc) is 3.09. The Bertz CT molecular complexity index is 1120. The molecule has 1 unspecified atom stereocenters. The van der Waals surface area contributed by atoms with E-state index in [1.807, 2.05) is 32.9 Å². The van der Waals surface area contributed by atoms with Crippen LogP contribution >= 0.6 is 0 Å². The van der Waals surface area contributed by atoms with Gasteiger partial charge in [-0.2, -0.15) is 10.4 Å². The summed E-state index contributed by atoms with van der Waals surface area (Å²) in [5.41, 5.74) is 3.18. The second-order valence-corrected chi connectivity index (χ2v) is 6.98.